The number of carboxylic acids is 1. The Bertz CT molecular complexity index is 407. The van der Waals surface area contributed by atoms with Gasteiger partial charge >= 0.3 is 11.7 Å². The van der Waals surface area contributed by atoms with E-state index >= 15 is 0 Å². The number of nitrogens with zero attached hydrogens (tertiary/aromatic N) is 3. The van der Waals surface area contributed by atoms with E-state index in [4.69, 9.17) is 5.11 Å². The summed E-state index contributed by atoms with van der Waals surface area (Å²) in [6.07, 6.45) is 2.50. The Morgan fingerprint density at radius 2 is 2.38 bits per heavy atom. The first-order valence-corrected chi connectivity index (χ1v) is 4.53. The van der Waals surface area contributed by atoms with Crippen molar-refractivity contribution >= 4 is 17.3 Å². The summed E-state index contributed by atoms with van der Waals surface area (Å²) in [5, 5.41) is 19.2. The molecule has 0 aliphatic rings. The molecule has 0 aliphatic carbocycles. The van der Waals surface area contributed by atoms with Crippen LogP contribution in [0.5, 0.6) is 0 Å². The number of pyridine rings is 1. The number of nitro groups is 1. The largest absolute Gasteiger partial charge is 0.481 e. The standard InChI is InChI=1S/C9H11N3O4/c1-11(5-3-9(13)14)7-2-4-10-6-8(7)12(15)16/h2,4,6H,3,5H2,1H3,(H,13,14). The van der Waals surface area contributed by atoms with Crippen molar-refractivity contribution in [2.75, 3.05) is 18.5 Å². The molecule has 86 valence electrons. The van der Waals surface area contributed by atoms with Gasteiger partial charge in [-0.15, -0.1) is 0 Å². The van der Waals surface area contributed by atoms with E-state index in [0.717, 1.165) is 6.20 Å². The Hall–Kier alpha value is -2.18. The van der Waals surface area contributed by atoms with Crippen molar-refractivity contribution in [3.63, 3.8) is 0 Å². The van der Waals surface area contributed by atoms with Gasteiger partial charge in [0.15, 0.2) is 0 Å². The second-order valence-corrected chi connectivity index (χ2v) is 3.19. The average molecular weight is 225 g/mol. The molecule has 7 heteroatoms. The van der Waals surface area contributed by atoms with E-state index in [0.29, 0.717) is 5.69 Å². The number of aliphatic carboxylic acids is 1. The molecule has 0 amide bonds. The van der Waals surface area contributed by atoms with Crippen molar-refractivity contribution in [3.05, 3.63) is 28.6 Å². The summed E-state index contributed by atoms with van der Waals surface area (Å²) in [5.74, 6) is -0.941. The van der Waals surface area contributed by atoms with Gasteiger partial charge in [0.25, 0.3) is 0 Å². The fourth-order valence-corrected chi connectivity index (χ4v) is 1.23. The van der Waals surface area contributed by atoms with Crippen LogP contribution >= 0.6 is 0 Å². The number of aromatic nitrogens is 1. The Morgan fingerprint density at radius 1 is 1.69 bits per heavy atom. The Morgan fingerprint density at radius 3 is 2.94 bits per heavy atom. The summed E-state index contributed by atoms with van der Waals surface area (Å²) in [7, 11) is 1.60. The van der Waals surface area contributed by atoms with Crippen molar-refractivity contribution in [3.8, 4) is 0 Å². The Labute approximate surface area is 91.5 Å². The van der Waals surface area contributed by atoms with Crippen molar-refractivity contribution in [2.45, 2.75) is 6.42 Å². The van der Waals surface area contributed by atoms with Gasteiger partial charge in [0.1, 0.15) is 11.9 Å². The summed E-state index contributed by atoms with van der Waals surface area (Å²) in [6, 6.07) is 1.49. The van der Waals surface area contributed by atoms with Gasteiger partial charge in [-0.25, -0.2) is 0 Å². The first kappa shape index (κ1) is 11.9. The highest BCUT2D eigenvalue weighted by atomic mass is 16.6. The summed E-state index contributed by atoms with van der Waals surface area (Å²) in [6.45, 7) is 0.209. The minimum Gasteiger partial charge on any atom is -0.481 e. The predicted octanol–water partition coefficient (Wildman–Crippen LogP) is 0.901. The normalized spacial score (nSPS) is 9.81. The molecule has 0 bridgehead atoms. The first-order valence-electron chi connectivity index (χ1n) is 4.53. The van der Waals surface area contributed by atoms with E-state index in [1.54, 1.807) is 7.05 Å². The van der Waals surface area contributed by atoms with Crippen molar-refractivity contribution in [1.29, 1.82) is 0 Å². The summed E-state index contributed by atoms with van der Waals surface area (Å²) >= 11 is 0. The van der Waals surface area contributed by atoms with Gasteiger partial charge in [0.05, 0.1) is 11.3 Å². The lowest BCUT2D eigenvalue weighted by atomic mass is 10.3. The molecule has 1 rings (SSSR count). The third-order valence-electron chi connectivity index (χ3n) is 2.05. The number of carbonyl (C=O) groups is 1. The molecular formula is C9H11N3O4. The fourth-order valence-electron chi connectivity index (χ4n) is 1.23. The van der Waals surface area contributed by atoms with E-state index in [1.165, 1.54) is 17.2 Å². The van der Waals surface area contributed by atoms with Gasteiger partial charge in [-0.05, 0) is 6.07 Å². The minimum atomic E-state index is -0.941. The lowest BCUT2D eigenvalue weighted by molar-refractivity contribution is -0.384. The monoisotopic (exact) mass is 225 g/mol. The maximum Gasteiger partial charge on any atom is 0.310 e. The zero-order chi connectivity index (χ0) is 12.1. The van der Waals surface area contributed by atoms with E-state index < -0.39 is 10.9 Å². The van der Waals surface area contributed by atoms with Crippen LogP contribution in [0, 0.1) is 10.1 Å². The highest BCUT2D eigenvalue weighted by Crippen LogP contribution is 2.25. The average Bonchev–Trinajstić information content (AvgIpc) is 2.25. The maximum absolute atomic E-state index is 10.7. The molecule has 0 aliphatic heterocycles. The summed E-state index contributed by atoms with van der Waals surface area (Å²) in [5.41, 5.74) is 0.233. The van der Waals surface area contributed by atoms with Crippen molar-refractivity contribution in [2.24, 2.45) is 0 Å². The van der Waals surface area contributed by atoms with Crippen LogP contribution in [0.15, 0.2) is 18.5 Å². The third kappa shape index (κ3) is 2.91. The molecule has 0 unspecified atom stereocenters. The highest BCUT2D eigenvalue weighted by Gasteiger charge is 2.16. The lowest BCUT2D eigenvalue weighted by Crippen LogP contribution is -2.21. The summed E-state index contributed by atoms with van der Waals surface area (Å²) < 4.78 is 0. The molecule has 0 radical (unpaired) electrons. The molecule has 1 aromatic heterocycles. The van der Waals surface area contributed by atoms with E-state index in [1.807, 2.05) is 0 Å². The van der Waals surface area contributed by atoms with Crippen LogP contribution in [0.25, 0.3) is 0 Å². The number of carboxylic acid groups (broad SMARTS) is 1. The first-order chi connectivity index (χ1) is 7.52. The van der Waals surface area contributed by atoms with Gasteiger partial charge in [-0.1, -0.05) is 0 Å². The Kier molecular flexibility index (Phi) is 3.76. The van der Waals surface area contributed by atoms with Crippen LogP contribution in [-0.2, 0) is 4.79 Å². The SMILES string of the molecule is CN(CCC(=O)O)c1ccncc1[N+](=O)[O-]. The molecule has 0 spiro atoms. The third-order valence-corrected chi connectivity index (χ3v) is 2.05. The molecule has 0 aromatic carbocycles. The van der Waals surface area contributed by atoms with Gasteiger partial charge in [0.2, 0.25) is 0 Å². The van der Waals surface area contributed by atoms with Crippen LogP contribution < -0.4 is 4.90 Å². The predicted molar refractivity (Wildman–Crippen MR) is 56.4 cm³/mol. The summed E-state index contributed by atoms with van der Waals surface area (Å²) in [4.78, 5) is 25.7. The maximum atomic E-state index is 10.7. The lowest BCUT2D eigenvalue weighted by Gasteiger charge is -2.17. The topological polar surface area (TPSA) is 96.6 Å². The highest BCUT2D eigenvalue weighted by molar-refractivity contribution is 5.68. The number of hydrogen-bond acceptors (Lipinski definition) is 5. The van der Waals surface area contributed by atoms with Crippen LogP contribution in [-0.4, -0.2) is 34.6 Å². The van der Waals surface area contributed by atoms with E-state index in [2.05, 4.69) is 4.98 Å². The quantitative estimate of drug-likeness (QED) is 0.590. The minimum absolute atomic E-state index is 0.0734. The molecule has 0 saturated heterocycles. The van der Waals surface area contributed by atoms with Crippen LogP contribution in [0.3, 0.4) is 0 Å². The second-order valence-electron chi connectivity index (χ2n) is 3.19. The Balaban J connectivity index is 2.85. The van der Waals surface area contributed by atoms with Gasteiger partial charge in [0, 0.05) is 19.8 Å². The van der Waals surface area contributed by atoms with Gasteiger partial charge < -0.3 is 10.0 Å². The molecule has 7 nitrogen and oxygen atoms in total. The van der Waals surface area contributed by atoms with Crippen molar-refractivity contribution < 1.29 is 14.8 Å². The van der Waals surface area contributed by atoms with E-state index in [9.17, 15) is 14.9 Å². The van der Waals surface area contributed by atoms with Gasteiger partial charge in [-0.3, -0.25) is 19.9 Å². The molecule has 1 heterocycles. The van der Waals surface area contributed by atoms with Gasteiger partial charge in [-0.2, -0.15) is 0 Å². The molecule has 1 aromatic rings. The van der Waals surface area contributed by atoms with E-state index in [-0.39, 0.29) is 18.7 Å². The number of anilines is 1. The molecule has 16 heavy (non-hydrogen) atoms. The second kappa shape index (κ2) is 5.06. The molecular weight excluding hydrogens is 214 g/mol. The molecule has 0 atom stereocenters. The fraction of sp³-hybridized carbons (Fsp3) is 0.333. The van der Waals surface area contributed by atoms with Crippen molar-refractivity contribution in [1.82, 2.24) is 4.98 Å². The smallest absolute Gasteiger partial charge is 0.310 e. The number of rotatable bonds is 5. The molecule has 0 fully saturated rings. The zero-order valence-electron chi connectivity index (χ0n) is 8.66. The van der Waals surface area contributed by atoms with Crippen LogP contribution in [0.2, 0.25) is 0 Å². The number of hydrogen-bond donors (Lipinski definition) is 1. The van der Waals surface area contributed by atoms with Crippen LogP contribution in [0.1, 0.15) is 6.42 Å². The zero-order valence-corrected chi connectivity index (χ0v) is 8.66. The molecule has 0 saturated carbocycles. The van der Waals surface area contributed by atoms with Crippen LogP contribution in [0.4, 0.5) is 11.4 Å². The molecule has 1 N–H and O–H groups in total.